The molecule has 2 saturated heterocycles. The van der Waals surface area contributed by atoms with Crippen LogP contribution >= 0.6 is 0 Å². The van der Waals surface area contributed by atoms with Crippen LogP contribution in [0.2, 0.25) is 0 Å². The standard InChI is InChI=1S/C19H39N5/c1-3-11-24-15-9-18(17-24)16-22-19(20-2)21-10-8-14-23-12-6-4-5-7-13-23/h18H,3-17H2,1-2H3,(H2,20,21,22). The monoisotopic (exact) mass is 337 g/mol. The molecule has 2 aliphatic rings. The SMILES string of the molecule is CCCN1CCC(CNC(=NC)NCCCN2CCCCCC2)C1. The zero-order valence-electron chi connectivity index (χ0n) is 16.0. The summed E-state index contributed by atoms with van der Waals surface area (Å²) in [5, 5.41) is 7.00. The molecule has 24 heavy (non-hydrogen) atoms. The lowest BCUT2D eigenvalue weighted by Gasteiger charge is -2.20. The van der Waals surface area contributed by atoms with Gasteiger partial charge in [0.1, 0.15) is 0 Å². The van der Waals surface area contributed by atoms with Crippen LogP contribution < -0.4 is 10.6 Å². The van der Waals surface area contributed by atoms with Crippen LogP contribution in [-0.4, -0.2) is 75.2 Å². The maximum Gasteiger partial charge on any atom is 0.190 e. The van der Waals surface area contributed by atoms with Crippen molar-refractivity contribution in [2.75, 3.05) is 59.4 Å². The molecule has 5 nitrogen and oxygen atoms in total. The highest BCUT2D eigenvalue weighted by molar-refractivity contribution is 5.79. The van der Waals surface area contributed by atoms with Gasteiger partial charge in [-0.3, -0.25) is 4.99 Å². The Labute approximate surface area is 149 Å². The molecule has 0 aliphatic carbocycles. The number of rotatable bonds is 8. The molecule has 2 rings (SSSR count). The van der Waals surface area contributed by atoms with Gasteiger partial charge in [0, 0.05) is 26.7 Å². The molecule has 0 aromatic rings. The third-order valence-electron chi connectivity index (χ3n) is 5.33. The predicted molar refractivity (Wildman–Crippen MR) is 104 cm³/mol. The first-order valence-corrected chi connectivity index (χ1v) is 10.2. The van der Waals surface area contributed by atoms with Gasteiger partial charge in [0.15, 0.2) is 5.96 Å². The van der Waals surface area contributed by atoms with Gasteiger partial charge in [-0.2, -0.15) is 0 Å². The quantitative estimate of drug-likeness (QED) is 0.405. The molecule has 0 radical (unpaired) electrons. The average molecular weight is 338 g/mol. The van der Waals surface area contributed by atoms with E-state index in [4.69, 9.17) is 0 Å². The highest BCUT2D eigenvalue weighted by atomic mass is 15.2. The fraction of sp³-hybridized carbons (Fsp3) is 0.947. The summed E-state index contributed by atoms with van der Waals surface area (Å²) >= 11 is 0. The largest absolute Gasteiger partial charge is 0.356 e. The highest BCUT2D eigenvalue weighted by Crippen LogP contribution is 2.15. The van der Waals surface area contributed by atoms with E-state index in [1.807, 2.05) is 7.05 Å². The summed E-state index contributed by atoms with van der Waals surface area (Å²) in [7, 11) is 1.88. The van der Waals surface area contributed by atoms with E-state index in [-0.39, 0.29) is 0 Å². The Kier molecular flexibility index (Phi) is 9.51. The van der Waals surface area contributed by atoms with Crippen molar-refractivity contribution < 1.29 is 0 Å². The van der Waals surface area contributed by atoms with E-state index in [0.717, 1.165) is 25.0 Å². The minimum atomic E-state index is 0.771. The molecule has 140 valence electrons. The fourth-order valence-corrected chi connectivity index (χ4v) is 3.93. The average Bonchev–Trinajstić information content (AvgIpc) is 2.88. The molecule has 2 fully saturated rings. The van der Waals surface area contributed by atoms with Gasteiger partial charge in [-0.1, -0.05) is 19.8 Å². The molecule has 0 bridgehead atoms. The van der Waals surface area contributed by atoms with Crippen molar-refractivity contribution in [3.05, 3.63) is 0 Å². The molecular formula is C19H39N5. The molecule has 0 amide bonds. The number of aliphatic imine (C=N–C) groups is 1. The Balaban J connectivity index is 1.54. The van der Waals surface area contributed by atoms with Crippen LogP contribution in [0, 0.1) is 5.92 Å². The van der Waals surface area contributed by atoms with E-state index in [9.17, 15) is 0 Å². The second kappa shape index (κ2) is 11.7. The van der Waals surface area contributed by atoms with Crippen molar-refractivity contribution in [3.8, 4) is 0 Å². The summed E-state index contributed by atoms with van der Waals surface area (Å²) in [5.41, 5.74) is 0. The Bertz CT molecular complexity index is 350. The van der Waals surface area contributed by atoms with Crippen molar-refractivity contribution in [1.82, 2.24) is 20.4 Å². The van der Waals surface area contributed by atoms with Gasteiger partial charge in [-0.05, 0) is 70.7 Å². The highest BCUT2D eigenvalue weighted by Gasteiger charge is 2.21. The lowest BCUT2D eigenvalue weighted by Crippen LogP contribution is -2.41. The van der Waals surface area contributed by atoms with E-state index in [1.54, 1.807) is 0 Å². The Morgan fingerprint density at radius 2 is 1.79 bits per heavy atom. The normalized spacial score (nSPS) is 24.1. The van der Waals surface area contributed by atoms with Crippen LogP contribution in [0.5, 0.6) is 0 Å². The number of nitrogens with zero attached hydrogens (tertiary/aromatic N) is 3. The Morgan fingerprint density at radius 1 is 1.00 bits per heavy atom. The third-order valence-corrected chi connectivity index (χ3v) is 5.33. The van der Waals surface area contributed by atoms with Gasteiger partial charge in [0.25, 0.3) is 0 Å². The van der Waals surface area contributed by atoms with Crippen LogP contribution in [0.4, 0.5) is 0 Å². The van der Waals surface area contributed by atoms with Crippen LogP contribution in [0.1, 0.15) is 51.9 Å². The van der Waals surface area contributed by atoms with Crippen LogP contribution in [0.25, 0.3) is 0 Å². The number of guanidine groups is 1. The van der Waals surface area contributed by atoms with E-state index in [2.05, 4.69) is 32.3 Å². The first kappa shape index (κ1) is 19.5. The second-order valence-corrected chi connectivity index (χ2v) is 7.44. The molecule has 0 aromatic heterocycles. The molecule has 1 atom stereocenters. The van der Waals surface area contributed by atoms with Crippen LogP contribution in [-0.2, 0) is 0 Å². The molecule has 2 aliphatic heterocycles. The van der Waals surface area contributed by atoms with Gasteiger partial charge in [0.2, 0.25) is 0 Å². The van der Waals surface area contributed by atoms with E-state index in [0.29, 0.717) is 0 Å². The van der Waals surface area contributed by atoms with Crippen LogP contribution in [0.3, 0.4) is 0 Å². The summed E-state index contributed by atoms with van der Waals surface area (Å²) in [4.78, 5) is 9.59. The van der Waals surface area contributed by atoms with Gasteiger partial charge in [-0.25, -0.2) is 0 Å². The Morgan fingerprint density at radius 3 is 2.50 bits per heavy atom. The van der Waals surface area contributed by atoms with Crippen molar-refractivity contribution >= 4 is 5.96 Å². The molecule has 0 saturated carbocycles. The maximum atomic E-state index is 4.37. The predicted octanol–water partition coefficient (Wildman–Crippen LogP) is 2.15. The van der Waals surface area contributed by atoms with Gasteiger partial charge in [-0.15, -0.1) is 0 Å². The molecule has 0 spiro atoms. The maximum absolute atomic E-state index is 4.37. The van der Waals surface area contributed by atoms with Crippen molar-refractivity contribution in [2.24, 2.45) is 10.9 Å². The molecule has 1 unspecified atom stereocenters. The van der Waals surface area contributed by atoms with Gasteiger partial charge < -0.3 is 20.4 Å². The first-order chi connectivity index (χ1) is 11.8. The summed E-state index contributed by atoms with van der Waals surface area (Å²) in [6, 6.07) is 0. The van der Waals surface area contributed by atoms with Crippen LogP contribution in [0.15, 0.2) is 4.99 Å². The van der Waals surface area contributed by atoms with Crippen molar-refractivity contribution in [3.63, 3.8) is 0 Å². The smallest absolute Gasteiger partial charge is 0.190 e. The summed E-state index contributed by atoms with van der Waals surface area (Å²) in [6.07, 6.45) is 9.39. The minimum Gasteiger partial charge on any atom is -0.356 e. The molecule has 5 heteroatoms. The zero-order valence-corrected chi connectivity index (χ0v) is 16.0. The lowest BCUT2D eigenvalue weighted by atomic mass is 10.1. The number of likely N-dealkylation sites (tertiary alicyclic amines) is 2. The number of hydrogen-bond donors (Lipinski definition) is 2. The van der Waals surface area contributed by atoms with E-state index >= 15 is 0 Å². The molecule has 2 heterocycles. The number of hydrogen-bond acceptors (Lipinski definition) is 3. The van der Waals surface area contributed by atoms with Crippen molar-refractivity contribution in [2.45, 2.75) is 51.9 Å². The molecular weight excluding hydrogens is 298 g/mol. The number of nitrogens with one attached hydrogen (secondary N) is 2. The zero-order chi connectivity index (χ0) is 17.0. The first-order valence-electron chi connectivity index (χ1n) is 10.2. The fourth-order valence-electron chi connectivity index (χ4n) is 3.93. The summed E-state index contributed by atoms with van der Waals surface area (Å²) < 4.78 is 0. The third kappa shape index (κ3) is 7.39. The van der Waals surface area contributed by atoms with Gasteiger partial charge >= 0.3 is 0 Å². The minimum absolute atomic E-state index is 0.771. The summed E-state index contributed by atoms with van der Waals surface area (Å²) in [6.45, 7) is 11.9. The van der Waals surface area contributed by atoms with E-state index < -0.39 is 0 Å². The molecule has 2 N–H and O–H groups in total. The van der Waals surface area contributed by atoms with Gasteiger partial charge in [0.05, 0.1) is 0 Å². The lowest BCUT2D eigenvalue weighted by molar-refractivity contribution is 0.282. The second-order valence-electron chi connectivity index (χ2n) is 7.44. The topological polar surface area (TPSA) is 42.9 Å². The summed E-state index contributed by atoms with van der Waals surface area (Å²) in [5.74, 6) is 1.74. The molecule has 0 aromatic carbocycles. The Hall–Kier alpha value is -0.810. The van der Waals surface area contributed by atoms with E-state index in [1.165, 1.54) is 84.2 Å². The van der Waals surface area contributed by atoms with Crippen molar-refractivity contribution in [1.29, 1.82) is 0 Å².